The summed E-state index contributed by atoms with van der Waals surface area (Å²) in [4.78, 5) is 48.9. The molecule has 2 rings (SSSR count). The molecule has 1 aliphatic carbocycles. The van der Waals surface area contributed by atoms with Crippen LogP contribution in [0, 0.1) is 10.1 Å². The monoisotopic (exact) mass is 405 g/mol. The van der Waals surface area contributed by atoms with Gasteiger partial charge < -0.3 is 15.0 Å². The Balaban J connectivity index is 1.90. The molecule has 1 N–H and O–H groups in total. The van der Waals surface area contributed by atoms with Crippen molar-refractivity contribution in [3.8, 4) is 0 Å². The Labute approximate surface area is 169 Å². The smallest absolute Gasteiger partial charge is 0.329 e. The fourth-order valence-electron chi connectivity index (χ4n) is 3.36. The van der Waals surface area contributed by atoms with Crippen LogP contribution in [-0.2, 0) is 14.3 Å². The highest BCUT2D eigenvalue weighted by atomic mass is 16.6. The van der Waals surface area contributed by atoms with Gasteiger partial charge in [-0.15, -0.1) is 0 Å². The molecule has 0 spiro atoms. The average molecular weight is 405 g/mol. The molecule has 158 valence electrons. The molecule has 2 atom stereocenters. The lowest BCUT2D eigenvalue weighted by Gasteiger charge is -2.32. The van der Waals surface area contributed by atoms with Gasteiger partial charge in [0.15, 0.2) is 6.10 Å². The number of likely N-dealkylation sites (N-methyl/N-ethyl adjacent to an activating group) is 1. The quantitative estimate of drug-likeness (QED) is 0.423. The summed E-state index contributed by atoms with van der Waals surface area (Å²) in [6.07, 6.45) is 4.25. The lowest BCUT2D eigenvalue weighted by molar-refractivity contribution is -0.384. The first-order chi connectivity index (χ1) is 13.7. The molecule has 1 aromatic rings. The summed E-state index contributed by atoms with van der Waals surface area (Å²) in [6, 6.07) is 4.33. The van der Waals surface area contributed by atoms with E-state index in [9.17, 15) is 24.5 Å². The molecule has 1 saturated carbocycles. The molecular formula is C20H27N3O6. The highest BCUT2D eigenvalue weighted by Gasteiger charge is 2.29. The highest BCUT2D eigenvalue weighted by molar-refractivity contribution is 5.97. The van der Waals surface area contributed by atoms with Gasteiger partial charge in [-0.1, -0.05) is 25.3 Å². The van der Waals surface area contributed by atoms with Crippen LogP contribution in [0.4, 0.5) is 5.69 Å². The normalized spacial score (nSPS) is 16.4. The number of nitrogens with zero attached hydrogens (tertiary/aromatic N) is 2. The van der Waals surface area contributed by atoms with Crippen LogP contribution in [0.3, 0.4) is 0 Å². The van der Waals surface area contributed by atoms with E-state index in [1.807, 2.05) is 0 Å². The Hall–Kier alpha value is -2.97. The van der Waals surface area contributed by atoms with Gasteiger partial charge in [0.25, 0.3) is 17.5 Å². The molecule has 1 fully saturated rings. The summed E-state index contributed by atoms with van der Waals surface area (Å²) in [7, 11) is 1.72. The number of esters is 1. The van der Waals surface area contributed by atoms with Crippen LogP contribution >= 0.6 is 0 Å². The lowest BCUT2D eigenvalue weighted by atomic mass is 9.94. The Morgan fingerprint density at radius 3 is 2.48 bits per heavy atom. The molecule has 0 bridgehead atoms. The predicted octanol–water partition coefficient (Wildman–Crippen LogP) is 2.44. The fourth-order valence-corrected chi connectivity index (χ4v) is 3.36. The van der Waals surface area contributed by atoms with Crippen molar-refractivity contribution < 1.29 is 24.0 Å². The highest BCUT2D eigenvalue weighted by Crippen LogP contribution is 2.22. The second-order valence-electron chi connectivity index (χ2n) is 7.32. The maximum Gasteiger partial charge on any atom is 0.329 e. The summed E-state index contributed by atoms with van der Waals surface area (Å²) in [5.41, 5.74) is -0.169. The number of hydrogen-bond acceptors (Lipinski definition) is 6. The van der Waals surface area contributed by atoms with E-state index in [4.69, 9.17) is 4.74 Å². The molecule has 0 aliphatic heterocycles. The van der Waals surface area contributed by atoms with Crippen molar-refractivity contribution in [2.45, 2.75) is 64.1 Å². The molecule has 2 amide bonds. The maximum atomic E-state index is 12.5. The van der Waals surface area contributed by atoms with Crippen molar-refractivity contribution in [3.05, 3.63) is 39.9 Å². The average Bonchev–Trinajstić information content (AvgIpc) is 2.73. The van der Waals surface area contributed by atoms with Crippen molar-refractivity contribution in [1.29, 1.82) is 0 Å². The second-order valence-corrected chi connectivity index (χ2v) is 7.32. The number of carbonyl (C=O) groups excluding carboxylic acids is 3. The zero-order valence-electron chi connectivity index (χ0n) is 16.9. The number of nitro groups is 1. The van der Waals surface area contributed by atoms with Gasteiger partial charge in [-0.25, -0.2) is 4.79 Å². The van der Waals surface area contributed by atoms with Crippen LogP contribution in [0.5, 0.6) is 0 Å². The van der Waals surface area contributed by atoms with E-state index in [0.29, 0.717) is 0 Å². The number of nitro benzene ring substituents is 1. The van der Waals surface area contributed by atoms with Crippen LogP contribution in [0.15, 0.2) is 24.3 Å². The molecule has 29 heavy (non-hydrogen) atoms. The summed E-state index contributed by atoms with van der Waals surface area (Å²) in [6.45, 7) is 2.94. The van der Waals surface area contributed by atoms with Gasteiger partial charge in [0.2, 0.25) is 0 Å². The Kier molecular flexibility index (Phi) is 7.69. The standard InChI is InChI=1S/C20H27N3O6/c1-13(21-18(24)15-8-7-11-17(12-15)23(27)28)20(26)29-14(2)19(25)22(3)16-9-5-4-6-10-16/h7-8,11-14,16H,4-6,9-10H2,1-3H3,(H,21,24)/t13-,14+/m0/s1. The third-order valence-corrected chi connectivity index (χ3v) is 5.13. The van der Waals surface area contributed by atoms with E-state index in [1.54, 1.807) is 11.9 Å². The summed E-state index contributed by atoms with van der Waals surface area (Å²) in [5, 5.41) is 13.3. The number of ether oxygens (including phenoxy) is 1. The van der Waals surface area contributed by atoms with Gasteiger partial charge in [0, 0.05) is 30.8 Å². The number of benzene rings is 1. The molecule has 1 aromatic carbocycles. The zero-order valence-corrected chi connectivity index (χ0v) is 16.9. The number of hydrogen-bond donors (Lipinski definition) is 1. The van der Waals surface area contributed by atoms with Gasteiger partial charge in [0.1, 0.15) is 6.04 Å². The van der Waals surface area contributed by atoms with E-state index >= 15 is 0 Å². The minimum atomic E-state index is -1.02. The van der Waals surface area contributed by atoms with Crippen LogP contribution < -0.4 is 5.32 Å². The summed E-state index contributed by atoms with van der Waals surface area (Å²) >= 11 is 0. The Bertz CT molecular complexity index is 775. The first-order valence-electron chi connectivity index (χ1n) is 9.73. The number of amides is 2. The molecule has 0 aromatic heterocycles. The van der Waals surface area contributed by atoms with Gasteiger partial charge >= 0.3 is 5.97 Å². The van der Waals surface area contributed by atoms with Crippen molar-refractivity contribution in [2.24, 2.45) is 0 Å². The molecule has 0 heterocycles. The van der Waals surface area contributed by atoms with Crippen LogP contribution in [0.1, 0.15) is 56.3 Å². The van der Waals surface area contributed by atoms with Gasteiger partial charge in [-0.3, -0.25) is 19.7 Å². The maximum absolute atomic E-state index is 12.5. The van der Waals surface area contributed by atoms with E-state index in [1.165, 1.54) is 38.5 Å². The van der Waals surface area contributed by atoms with Crippen molar-refractivity contribution in [1.82, 2.24) is 10.2 Å². The molecule has 1 aliphatic rings. The lowest BCUT2D eigenvalue weighted by Crippen LogP contribution is -2.46. The number of nitrogens with one attached hydrogen (secondary N) is 1. The van der Waals surface area contributed by atoms with Crippen LogP contribution in [0.25, 0.3) is 0 Å². The van der Waals surface area contributed by atoms with E-state index < -0.39 is 28.9 Å². The SMILES string of the molecule is C[C@H](NC(=O)c1cccc([N+](=O)[O-])c1)C(=O)O[C@H](C)C(=O)N(C)C1CCCCC1. The third-order valence-electron chi connectivity index (χ3n) is 5.13. The minimum Gasteiger partial charge on any atom is -0.451 e. The second kappa shape index (κ2) is 9.99. The van der Waals surface area contributed by atoms with Crippen molar-refractivity contribution in [2.75, 3.05) is 7.05 Å². The fraction of sp³-hybridized carbons (Fsp3) is 0.550. The molecular weight excluding hydrogens is 378 g/mol. The first-order valence-corrected chi connectivity index (χ1v) is 9.73. The van der Waals surface area contributed by atoms with Crippen LogP contribution in [0.2, 0.25) is 0 Å². The van der Waals surface area contributed by atoms with E-state index in [-0.39, 0.29) is 23.2 Å². The van der Waals surface area contributed by atoms with Crippen molar-refractivity contribution in [3.63, 3.8) is 0 Å². The third kappa shape index (κ3) is 6.00. The van der Waals surface area contributed by atoms with Crippen LogP contribution in [-0.4, -0.2) is 52.8 Å². The Morgan fingerprint density at radius 2 is 1.86 bits per heavy atom. The van der Waals surface area contributed by atoms with E-state index in [2.05, 4.69) is 5.32 Å². The van der Waals surface area contributed by atoms with Gasteiger partial charge in [-0.2, -0.15) is 0 Å². The predicted molar refractivity (Wildman–Crippen MR) is 105 cm³/mol. The molecule has 9 nitrogen and oxygen atoms in total. The number of carbonyl (C=O) groups is 3. The largest absolute Gasteiger partial charge is 0.451 e. The van der Waals surface area contributed by atoms with Crippen molar-refractivity contribution >= 4 is 23.5 Å². The molecule has 9 heteroatoms. The number of non-ortho nitro benzene ring substituents is 1. The minimum absolute atomic E-state index is 0.0556. The van der Waals surface area contributed by atoms with Gasteiger partial charge in [0.05, 0.1) is 4.92 Å². The number of rotatable bonds is 7. The summed E-state index contributed by atoms with van der Waals surface area (Å²) in [5.74, 6) is -1.67. The molecule has 0 saturated heterocycles. The topological polar surface area (TPSA) is 119 Å². The van der Waals surface area contributed by atoms with E-state index in [0.717, 1.165) is 31.7 Å². The summed E-state index contributed by atoms with van der Waals surface area (Å²) < 4.78 is 5.23. The first kappa shape index (κ1) is 22.3. The molecule has 0 radical (unpaired) electrons. The molecule has 0 unspecified atom stereocenters. The van der Waals surface area contributed by atoms with Gasteiger partial charge in [-0.05, 0) is 32.8 Å². The zero-order chi connectivity index (χ0) is 21.6. The Morgan fingerprint density at radius 1 is 1.21 bits per heavy atom.